The first-order valence-corrected chi connectivity index (χ1v) is 7.18. The molecule has 0 bridgehead atoms. The third-order valence-electron chi connectivity index (χ3n) is 3.24. The van der Waals surface area contributed by atoms with Gasteiger partial charge in [-0.05, 0) is 30.5 Å². The van der Waals surface area contributed by atoms with Gasteiger partial charge < -0.3 is 10.6 Å². The molecule has 1 saturated carbocycles. The Morgan fingerprint density at radius 2 is 2.00 bits per heavy atom. The van der Waals surface area contributed by atoms with E-state index in [0.717, 1.165) is 10.9 Å². The minimum absolute atomic E-state index is 0.101. The molecule has 0 unspecified atom stereocenters. The molecule has 0 aromatic heterocycles. The molecule has 1 aliphatic rings. The third kappa shape index (κ3) is 4.06. The summed E-state index contributed by atoms with van der Waals surface area (Å²) in [4.78, 5) is 23.3. The van der Waals surface area contributed by atoms with Crippen molar-refractivity contribution < 1.29 is 9.59 Å². The van der Waals surface area contributed by atoms with E-state index >= 15 is 0 Å². The van der Waals surface area contributed by atoms with Crippen LogP contribution in [0.3, 0.4) is 0 Å². The molecule has 19 heavy (non-hydrogen) atoms. The van der Waals surface area contributed by atoms with Crippen LogP contribution in [-0.4, -0.2) is 24.9 Å². The molecule has 0 aliphatic heterocycles. The summed E-state index contributed by atoms with van der Waals surface area (Å²) in [6.45, 7) is 2.99. The number of hydrogen-bond acceptors (Lipinski definition) is 2. The summed E-state index contributed by atoms with van der Waals surface area (Å²) in [5.74, 6) is 0.664. The highest BCUT2D eigenvalue weighted by Crippen LogP contribution is 2.37. The second-order valence-electron chi connectivity index (χ2n) is 4.88. The van der Waals surface area contributed by atoms with Gasteiger partial charge in [0.25, 0.3) is 5.91 Å². The molecule has 2 amide bonds. The van der Waals surface area contributed by atoms with Crippen LogP contribution in [0.1, 0.15) is 23.7 Å². The molecule has 4 nitrogen and oxygen atoms in total. The average molecular weight is 325 g/mol. The van der Waals surface area contributed by atoms with Gasteiger partial charge in [0.15, 0.2) is 0 Å². The number of carbonyl (C=O) groups is 2. The number of nitrogens with one attached hydrogen (secondary N) is 2. The molecule has 0 heterocycles. The van der Waals surface area contributed by atoms with Crippen LogP contribution in [-0.2, 0) is 4.79 Å². The zero-order chi connectivity index (χ0) is 13.8. The molecule has 0 saturated heterocycles. The third-order valence-corrected chi connectivity index (χ3v) is 3.74. The molecule has 0 spiro atoms. The van der Waals surface area contributed by atoms with Crippen LogP contribution >= 0.6 is 15.9 Å². The molecule has 5 heteroatoms. The molecule has 1 aromatic carbocycles. The van der Waals surface area contributed by atoms with Crippen molar-refractivity contribution in [3.63, 3.8) is 0 Å². The molecule has 0 radical (unpaired) electrons. The number of benzene rings is 1. The summed E-state index contributed by atoms with van der Waals surface area (Å²) in [5.41, 5.74) is 0.608. The summed E-state index contributed by atoms with van der Waals surface area (Å²) < 4.78 is 0.871. The van der Waals surface area contributed by atoms with Gasteiger partial charge in [0.1, 0.15) is 0 Å². The first-order chi connectivity index (χ1) is 9.08. The zero-order valence-electron chi connectivity index (χ0n) is 10.8. The Labute approximate surface area is 121 Å². The van der Waals surface area contributed by atoms with Gasteiger partial charge in [-0.15, -0.1) is 0 Å². The van der Waals surface area contributed by atoms with E-state index in [2.05, 4.69) is 33.5 Å². The van der Waals surface area contributed by atoms with Crippen LogP contribution in [0.4, 0.5) is 0 Å². The van der Waals surface area contributed by atoms with Gasteiger partial charge >= 0.3 is 0 Å². The Kier molecular flexibility index (Phi) is 4.58. The van der Waals surface area contributed by atoms with Crippen LogP contribution < -0.4 is 10.6 Å². The molecule has 1 fully saturated rings. The smallest absolute Gasteiger partial charge is 0.251 e. The van der Waals surface area contributed by atoms with Crippen LogP contribution in [0.15, 0.2) is 28.7 Å². The van der Waals surface area contributed by atoms with Gasteiger partial charge in [0.2, 0.25) is 5.91 Å². The fourth-order valence-electron chi connectivity index (χ4n) is 1.91. The number of amides is 2. The van der Waals surface area contributed by atoms with E-state index in [1.165, 1.54) is 0 Å². The number of carbonyl (C=O) groups excluding carboxylic acids is 2. The minimum Gasteiger partial charge on any atom is -0.354 e. The summed E-state index contributed by atoms with van der Waals surface area (Å²) >= 11 is 3.32. The number of halogens is 1. The van der Waals surface area contributed by atoms with Gasteiger partial charge in [-0.3, -0.25) is 9.59 Å². The lowest BCUT2D eigenvalue weighted by atomic mass is 10.2. The van der Waals surface area contributed by atoms with Crippen molar-refractivity contribution >= 4 is 27.7 Å². The normalized spacial score (nSPS) is 20.7. The summed E-state index contributed by atoms with van der Waals surface area (Å²) in [6.07, 6.45) is 0.982. The lowest BCUT2D eigenvalue weighted by Crippen LogP contribution is -2.35. The van der Waals surface area contributed by atoms with Gasteiger partial charge in [0.05, 0.1) is 0 Å². The predicted molar refractivity (Wildman–Crippen MR) is 76.8 cm³/mol. The molecular formula is C14H17BrN2O2. The number of hydrogen-bond donors (Lipinski definition) is 2. The molecule has 1 aliphatic carbocycles. The number of rotatable bonds is 5. The lowest BCUT2D eigenvalue weighted by molar-refractivity contribution is -0.122. The molecule has 2 N–H and O–H groups in total. The standard InChI is InChI=1S/C14H17BrN2O2/c1-9-7-12(9)14(19)17-6-5-16-13(18)10-3-2-4-11(15)8-10/h2-4,8-9,12H,5-7H2,1H3,(H,16,18)(H,17,19)/t9-,12-/m0/s1. The first kappa shape index (κ1) is 14.1. The Morgan fingerprint density at radius 1 is 1.32 bits per heavy atom. The SMILES string of the molecule is C[C@H]1C[C@@H]1C(=O)NCCNC(=O)c1cccc(Br)c1. The topological polar surface area (TPSA) is 58.2 Å². The van der Waals surface area contributed by atoms with Crippen molar-refractivity contribution in [3.8, 4) is 0 Å². The molecule has 2 atom stereocenters. The van der Waals surface area contributed by atoms with Gasteiger partial charge in [-0.1, -0.05) is 28.9 Å². The van der Waals surface area contributed by atoms with Gasteiger partial charge in [-0.2, -0.15) is 0 Å². The highest BCUT2D eigenvalue weighted by molar-refractivity contribution is 9.10. The first-order valence-electron chi connectivity index (χ1n) is 6.39. The van der Waals surface area contributed by atoms with Crippen molar-refractivity contribution in [2.75, 3.05) is 13.1 Å². The zero-order valence-corrected chi connectivity index (χ0v) is 12.4. The highest BCUT2D eigenvalue weighted by atomic mass is 79.9. The Balaban J connectivity index is 1.68. The fourth-order valence-corrected chi connectivity index (χ4v) is 2.31. The van der Waals surface area contributed by atoms with Crippen LogP contribution in [0.5, 0.6) is 0 Å². The quantitative estimate of drug-likeness (QED) is 0.813. The van der Waals surface area contributed by atoms with Crippen LogP contribution in [0, 0.1) is 11.8 Å². The van der Waals surface area contributed by atoms with Crippen molar-refractivity contribution in [1.82, 2.24) is 10.6 Å². The largest absolute Gasteiger partial charge is 0.354 e. The van der Waals surface area contributed by atoms with Crippen LogP contribution in [0.25, 0.3) is 0 Å². The lowest BCUT2D eigenvalue weighted by Gasteiger charge is -2.07. The van der Waals surface area contributed by atoms with E-state index in [1.54, 1.807) is 12.1 Å². The van der Waals surface area contributed by atoms with E-state index in [9.17, 15) is 9.59 Å². The Bertz CT molecular complexity index is 490. The molecular weight excluding hydrogens is 308 g/mol. The van der Waals surface area contributed by atoms with Gasteiger partial charge in [-0.25, -0.2) is 0 Å². The summed E-state index contributed by atoms with van der Waals surface area (Å²) in [7, 11) is 0. The second-order valence-corrected chi connectivity index (χ2v) is 5.79. The summed E-state index contributed by atoms with van der Waals surface area (Å²) in [5, 5.41) is 5.61. The maximum atomic E-state index is 11.8. The van der Waals surface area contributed by atoms with Crippen molar-refractivity contribution in [1.29, 1.82) is 0 Å². The van der Waals surface area contributed by atoms with Gasteiger partial charge in [0, 0.05) is 29.0 Å². The Morgan fingerprint density at radius 3 is 2.63 bits per heavy atom. The van der Waals surface area contributed by atoms with E-state index in [0.29, 0.717) is 24.6 Å². The molecule has 2 rings (SSSR count). The van der Waals surface area contributed by atoms with Crippen molar-refractivity contribution in [2.45, 2.75) is 13.3 Å². The average Bonchev–Trinajstić information content (AvgIpc) is 3.11. The monoisotopic (exact) mass is 324 g/mol. The Hall–Kier alpha value is -1.36. The van der Waals surface area contributed by atoms with E-state index in [-0.39, 0.29) is 17.7 Å². The van der Waals surface area contributed by atoms with E-state index < -0.39 is 0 Å². The second kappa shape index (κ2) is 6.19. The maximum Gasteiger partial charge on any atom is 0.251 e. The van der Waals surface area contributed by atoms with Crippen LogP contribution in [0.2, 0.25) is 0 Å². The maximum absolute atomic E-state index is 11.8. The summed E-state index contributed by atoms with van der Waals surface area (Å²) in [6, 6.07) is 7.20. The molecule has 102 valence electrons. The van der Waals surface area contributed by atoms with E-state index in [1.807, 2.05) is 12.1 Å². The predicted octanol–water partition coefficient (Wildman–Crippen LogP) is 1.95. The molecule has 1 aromatic rings. The van der Waals surface area contributed by atoms with Crippen molar-refractivity contribution in [2.24, 2.45) is 11.8 Å². The van der Waals surface area contributed by atoms with E-state index in [4.69, 9.17) is 0 Å². The highest BCUT2D eigenvalue weighted by Gasteiger charge is 2.38. The van der Waals surface area contributed by atoms with Crippen molar-refractivity contribution in [3.05, 3.63) is 34.3 Å². The minimum atomic E-state index is -0.129. The fraction of sp³-hybridized carbons (Fsp3) is 0.429.